The molecule has 0 spiro atoms. The number of amides is 2. The zero-order valence-electron chi connectivity index (χ0n) is 18.4. The molecule has 1 atom stereocenters. The molecule has 33 heavy (non-hydrogen) atoms. The Balaban J connectivity index is 1.47. The normalized spacial score (nSPS) is 15.7. The van der Waals surface area contributed by atoms with E-state index in [1.54, 1.807) is 0 Å². The van der Waals surface area contributed by atoms with Crippen molar-refractivity contribution in [3.05, 3.63) is 71.9 Å². The van der Waals surface area contributed by atoms with Gasteiger partial charge in [-0.3, -0.25) is 14.5 Å². The summed E-state index contributed by atoms with van der Waals surface area (Å²) < 4.78 is 0. The Kier molecular flexibility index (Phi) is 6.80. The average molecular weight is 446 g/mol. The summed E-state index contributed by atoms with van der Waals surface area (Å²) in [6.07, 6.45) is 3.28. The largest absolute Gasteiger partial charge is 0.365 e. The van der Waals surface area contributed by atoms with Gasteiger partial charge in [-0.2, -0.15) is 4.98 Å². The van der Waals surface area contributed by atoms with Gasteiger partial charge in [0.1, 0.15) is 5.82 Å². The number of nitrogens with two attached hydrogens (primary N) is 1. The molecular formula is C24H27N7O2. The number of carbonyl (C=O) groups is 2. The second-order valence-corrected chi connectivity index (χ2v) is 7.99. The molecule has 9 heteroatoms. The van der Waals surface area contributed by atoms with E-state index >= 15 is 0 Å². The van der Waals surface area contributed by atoms with Gasteiger partial charge in [0.15, 0.2) is 0 Å². The number of anilines is 4. The van der Waals surface area contributed by atoms with Crippen LogP contribution in [0.25, 0.3) is 0 Å². The fraction of sp³-hybridized carbons (Fsp3) is 0.250. The molecule has 3 aromatic rings. The number of nitrogens with zero attached hydrogens (tertiary/aromatic N) is 3. The van der Waals surface area contributed by atoms with Crippen molar-refractivity contribution in [2.75, 3.05) is 29.5 Å². The van der Waals surface area contributed by atoms with E-state index in [1.807, 2.05) is 61.6 Å². The Morgan fingerprint density at radius 2 is 1.91 bits per heavy atom. The lowest BCUT2D eigenvalue weighted by Gasteiger charge is -2.19. The Hall–Kier alpha value is -3.98. The number of nitrogens with one attached hydrogen (secondary N) is 3. The van der Waals surface area contributed by atoms with Gasteiger partial charge in [0, 0.05) is 24.1 Å². The number of rotatable bonds is 8. The minimum atomic E-state index is -0.612. The van der Waals surface area contributed by atoms with E-state index in [2.05, 4.69) is 30.8 Å². The van der Waals surface area contributed by atoms with Crippen LogP contribution in [0, 0.1) is 0 Å². The monoisotopic (exact) mass is 445 g/mol. The van der Waals surface area contributed by atoms with Crippen LogP contribution in [-0.4, -0.2) is 46.3 Å². The van der Waals surface area contributed by atoms with Crippen LogP contribution in [0.2, 0.25) is 0 Å². The minimum Gasteiger partial charge on any atom is -0.365 e. The van der Waals surface area contributed by atoms with Gasteiger partial charge in [0.25, 0.3) is 5.91 Å². The molecule has 2 heterocycles. The number of aromatic nitrogens is 2. The smallest absolute Gasteiger partial charge is 0.254 e. The number of benzene rings is 2. The van der Waals surface area contributed by atoms with Crippen molar-refractivity contribution in [2.24, 2.45) is 5.73 Å². The molecule has 1 fully saturated rings. The van der Waals surface area contributed by atoms with Crippen molar-refractivity contribution >= 4 is 35.0 Å². The number of hydrogen-bond acceptors (Lipinski definition) is 7. The van der Waals surface area contributed by atoms with Crippen LogP contribution in [0.5, 0.6) is 0 Å². The predicted octanol–water partition coefficient (Wildman–Crippen LogP) is 2.96. The van der Waals surface area contributed by atoms with Gasteiger partial charge < -0.3 is 21.7 Å². The van der Waals surface area contributed by atoms with Crippen LogP contribution in [0.1, 0.15) is 28.8 Å². The first-order chi connectivity index (χ1) is 16.0. The fourth-order valence-corrected chi connectivity index (χ4v) is 3.81. The molecule has 0 radical (unpaired) electrons. The molecule has 1 saturated heterocycles. The number of carbonyl (C=O) groups excluding carboxylic acids is 2. The van der Waals surface area contributed by atoms with E-state index in [9.17, 15) is 9.59 Å². The van der Waals surface area contributed by atoms with Crippen molar-refractivity contribution in [3.8, 4) is 0 Å². The van der Waals surface area contributed by atoms with Crippen LogP contribution in [0.15, 0.2) is 60.8 Å². The lowest BCUT2D eigenvalue weighted by atomic mass is 10.2. The van der Waals surface area contributed by atoms with Crippen molar-refractivity contribution in [1.82, 2.24) is 14.9 Å². The van der Waals surface area contributed by atoms with Crippen LogP contribution >= 0.6 is 0 Å². The maximum absolute atomic E-state index is 12.6. The molecule has 1 aliphatic rings. The van der Waals surface area contributed by atoms with E-state index in [0.717, 1.165) is 24.9 Å². The summed E-state index contributed by atoms with van der Waals surface area (Å²) in [7, 11) is 1.96. The Morgan fingerprint density at radius 1 is 1.12 bits per heavy atom. The molecule has 5 N–H and O–H groups in total. The number of likely N-dealkylation sites (tertiary alicyclic amines) is 1. The highest BCUT2D eigenvalue weighted by Gasteiger charge is 2.27. The Morgan fingerprint density at radius 3 is 2.64 bits per heavy atom. The number of hydrogen-bond donors (Lipinski definition) is 4. The SMILES string of the molecule is CN1CCC[C@H]1C(=O)Nc1cccc(Nc2ncc(C(N)=O)c(NCc3ccccc3)n2)c1. The molecule has 0 aliphatic carbocycles. The van der Waals surface area contributed by atoms with E-state index < -0.39 is 5.91 Å². The van der Waals surface area contributed by atoms with E-state index in [-0.39, 0.29) is 17.5 Å². The number of primary amides is 1. The summed E-state index contributed by atoms with van der Waals surface area (Å²) >= 11 is 0. The number of likely N-dealkylation sites (N-methyl/N-ethyl adjacent to an activating group) is 1. The summed E-state index contributed by atoms with van der Waals surface area (Å²) in [5.74, 6) is 0.0208. The van der Waals surface area contributed by atoms with E-state index in [0.29, 0.717) is 29.7 Å². The molecule has 0 unspecified atom stereocenters. The van der Waals surface area contributed by atoms with E-state index in [1.165, 1.54) is 6.20 Å². The maximum Gasteiger partial charge on any atom is 0.254 e. The molecule has 1 aromatic heterocycles. The summed E-state index contributed by atoms with van der Waals surface area (Å²) in [6, 6.07) is 17.0. The van der Waals surface area contributed by atoms with Crippen LogP contribution in [0.4, 0.5) is 23.1 Å². The second kappa shape index (κ2) is 10.1. The molecule has 0 bridgehead atoms. The first kappa shape index (κ1) is 22.2. The van der Waals surface area contributed by atoms with Gasteiger partial charge >= 0.3 is 0 Å². The third-order valence-corrected chi connectivity index (χ3v) is 5.57. The molecule has 4 rings (SSSR count). The van der Waals surface area contributed by atoms with Gasteiger partial charge in [-0.15, -0.1) is 0 Å². The third-order valence-electron chi connectivity index (χ3n) is 5.57. The highest BCUT2D eigenvalue weighted by atomic mass is 16.2. The molecule has 0 saturated carbocycles. The summed E-state index contributed by atoms with van der Waals surface area (Å²) in [4.78, 5) is 35.1. The molecule has 170 valence electrons. The lowest BCUT2D eigenvalue weighted by molar-refractivity contribution is -0.119. The van der Waals surface area contributed by atoms with Crippen LogP contribution < -0.4 is 21.7 Å². The van der Waals surface area contributed by atoms with Gasteiger partial charge in [0.2, 0.25) is 11.9 Å². The minimum absolute atomic E-state index is 0.0124. The third kappa shape index (κ3) is 5.64. The topological polar surface area (TPSA) is 125 Å². The van der Waals surface area contributed by atoms with E-state index in [4.69, 9.17) is 5.73 Å². The maximum atomic E-state index is 12.6. The van der Waals surface area contributed by atoms with Crippen LogP contribution in [-0.2, 0) is 11.3 Å². The summed E-state index contributed by atoms with van der Waals surface area (Å²) in [5, 5.41) is 9.26. The molecule has 2 aromatic carbocycles. The fourth-order valence-electron chi connectivity index (χ4n) is 3.81. The Labute approximate surface area is 192 Å². The second-order valence-electron chi connectivity index (χ2n) is 7.99. The molecule has 9 nitrogen and oxygen atoms in total. The van der Waals surface area contributed by atoms with Gasteiger partial charge in [-0.1, -0.05) is 36.4 Å². The molecule has 2 amide bonds. The highest BCUT2D eigenvalue weighted by Crippen LogP contribution is 2.22. The van der Waals surface area contributed by atoms with Crippen molar-refractivity contribution < 1.29 is 9.59 Å². The zero-order chi connectivity index (χ0) is 23.2. The quantitative estimate of drug-likeness (QED) is 0.420. The van der Waals surface area contributed by atoms with Crippen molar-refractivity contribution in [1.29, 1.82) is 0 Å². The van der Waals surface area contributed by atoms with Gasteiger partial charge in [0.05, 0.1) is 11.6 Å². The lowest BCUT2D eigenvalue weighted by Crippen LogP contribution is -2.37. The first-order valence-electron chi connectivity index (χ1n) is 10.8. The van der Waals surface area contributed by atoms with Gasteiger partial charge in [-0.25, -0.2) is 4.98 Å². The Bertz CT molecular complexity index is 1140. The van der Waals surface area contributed by atoms with Gasteiger partial charge in [-0.05, 0) is 50.2 Å². The van der Waals surface area contributed by atoms with Crippen molar-refractivity contribution in [3.63, 3.8) is 0 Å². The molecule has 1 aliphatic heterocycles. The standard InChI is InChI=1S/C24H27N7O2/c1-31-12-6-11-20(31)23(33)28-17-9-5-10-18(13-17)29-24-27-15-19(21(25)32)22(30-24)26-14-16-7-3-2-4-8-16/h2-5,7-10,13,15,20H,6,11-12,14H2,1H3,(H2,25,32)(H,28,33)(H2,26,27,29,30)/t20-/m0/s1. The molecular weight excluding hydrogens is 418 g/mol. The predicted molar refractivity (Wildman–Crippen MR) is 128 cm³/mol. The van der Waals surface area contributed by atoms with Crippen LogP contribution in [0.3, 0.4) is 0 Å². The zero-order valence-corrected chi connectivity index (χ0v) is 18.4. The highest BCUT2D eigenvalue weighted by molar-refractivity contribution is 5.97. The summed E-state index contributed by atoms with van der Waals surface area (Å²) in [5.41, 5.74) is 8.12. The summed E-state index contributed by atoms with van der Waals surface area (Å²) in [6.45, 7) is 1.41. The van der Waals surface area contributed by atoms with Crippen molar-refractivity contribution in [2.45, 2.75) is 25.4 Å². The average Bonchev–Trinajstić information content (AvgIpc) is 3.24. The first-order valence-corrected chi connectivity index (χ1v) is 10.8.